The molecule has 0 N–H and O–H groups in total. The Morgan fingerprint density at radius 1 is 1.09 bits per heavy atom. The molecule has 0 bridgehead atoms. The smallest absolute Gasteiger partial charge is 0.258 e. The zero-order valence-electron chi connectivity index (χ0n) is 13.5. The summed E-state index contributed by atoms with van der Waals surface area (Å²) < 4.78 is 0. The molecule has 3 heteroatoms. The molecule has 1 fully saturated rings. The first-order valence-corrected chi connectivity index (χ1v) is 8.45. The second-order valence-electron chi connectivity index (χ2n) is 6.68. The third-order valence-corrected chi connectivity index (χ3v) is 5.15. The standard InChI is InChI=1S/C20H22N2O/c1-15-5-4-12-21(15)13-16-8-10-18(11-9-16)22-14-17-6-2-3-7-19(17)20(22)23/h2-3,6-11,15H,4-5,12-14H2,1H3/t15-/m1/s1. The van der Waals surface area contributed by atoms with Crippen LogP contribution in [0.5, 0.6) is 0 Å². The van der Waals surface area contributed by atoms with Gasteiger partial charge in [-0.05, 0) is 55.6 Å². The predicted octanol–water partition coefficient (Wildman–Crippen LogP) is 3.83. The summed E-state index contributed by atoms with van der Waals surface area (Å²) in [6, 6.07) is 17.1. The van der Waals surface area contributed by atoms with Crippen molar-refractivity contribution >= 4 is 11.6 Å². The average Bonchev–Trinajstić information content (AvgIpc) is 3.13. The van der Waals surface area contributed by atoms with Crippen LogP contribution in [0.3, 0.4) is 0 Å². The summed E-state index contributed by atoms with van der Waals surface area (Å²) in [6.07, 6.45) is 2.61. The fourth-order valence-electron chi connectivity index (χ4n) is 3.71. The zero-order valence-corrected chi connectivity index (χ0v) is 13.5. The summed E-state index contributed by atoms with van der Waals surface area (Å²) in [4.78, 5) is 16.9. The van der Waals surface area contributed by atoms with Gasteiger partial charge in [-0.25, -0.2) is 0 Å². The van der Waals surface area contributed by atoms with Crippen LogP contribution in [0.15, 0.2) is 48.5 Å². The maximum absolute atomic E-state index is 12.5. The lowest BCUT2D eigenvalue weighted by Crippen LogP contribution is -2.26. The van der Waals surface area contributed by atoms with Crippen LogP contribution in [0, 0.1) is 0 Å². The van der Waals surface area contributed by atoms with E-state index in [9.17, 15) is 4.79 Å². The van der Waals surface area contributed by atoms with Crippen molar-refractivity contribution in [2.24, 2.45) is 0 Å². The van der Waals surface area contributed by atoms with Crippen LogP contribution in [0.25, 0.3) is 0 Å². The summed E-state index contributed by atoms with van der Waals surface area (Å²) in [6.45, 7) is 5.19. The number of fused-ring (bicyclic) bond motifs is 1. The molecule has 23 heavy (non-hydrogen) atoms. The van der Waals surface area contributed by atoms with E-state index in [1.54, 1.807) is 0 Å². The minimum Gasteiger partial charge on any atom is -0.304 e. The van der Waals surface area contributed by atoms with E-state index >= 15 is 0 Å². The molecule has 2 aromatic rings. The van der Waals surface area contributed by atoms with E-state index in [1.807, 2.05) is 29.2 Å². The van der Waals surface area contributed by atoms with Gasteiger partial charge < -0.3 is 4.90 Å². The lowest BCUT2D eigenvalue weighted by Gasteiger charge is -2.21. The number of nitrogens with zero attached hydrogens (tertiary/aromatic N) is 2. The van der Waals surface area contributed by atoms with E-state index in [2.05, 4.69) is 36.1 Å². The Kier molecular flexibility index (Phi) is 3.66. The number of carbonyl (C=O) groups excluding carboxylic acids is 1. The molecule has 0 aliphatic carbocycles. The van der Waals surface area contributed by atoms with E-state index in [1.165, 1.54) is 24.9 Å². The molecule has 118 valence electrons. The summed E-state index contributed by atoms with van der Waals surface area (Å²) in [5.41, 5.74) is 4.27. The molecule has 1 amide bonds. The van der Waals surface area contributed by atoms with Gasteiger partial charge in [0.05, 0.1) is 6.54 Å². The van der Waals surface area contributed by atoms with Crippen molar-refractivity contribution in [3.63, 3.8) is 0 Å². The van der Waals surface area contributed by atoms with Gasteiger partial charge in [0.25, 0.3) is 5.91 Å². The Hall–Kier alpha value is -2.13. The van der Waals surface area contributed by atoms with Crippen molar-refractivity contribution in [2.75, 3.05) is 11.4 Å². The van der Waals surface area contributed by atoms with Crippen LogP contribution in [-0.4, -0.2) is 23.4 Å². The Bertz CT molecular complexity index is 723. The monoisotopic (exact) mass is 306 g/mol. The Morgan fingerprint density at radius 2 is 1.87 bits per heavy atom. The minimum atomic E-state index is 0.113. The maximum atomic E-state index is 12.5. The van der Waals surface area contributed by atoms with Crippen molar-refractivity contribution in [3.8, 4) is 0 Å². The van der Waals surface area contributed by atoms with E-state index < -0.39 is 0 Å². The van der Waals surface area contributed by atoms with Crippen molar-refractivity contribution in [2.45, 2.75) is 38.9 Å². The highest BCUT2D eigenvalue weighted by Gasteiger charge is 2.28. The number of likely N-dealkylation sites (tertiary alicyclic amines) is 1. The molecule has 1 saturated heterocycles. The minimum absolute atomic E-state index is 0.113. The number of hydrogen-bond donors (Lipinski definition) is 0. The molecule has 2 aromatic carbocycles. The van der Waals surface area contributed by atoms with Crippen LogP contribution >= 0.6 is 0 Å². The van der Waals surface area contributed by atoms with Gasteiger partial charge in [0, 0.05) is 23.8 Å². The zero-order chi connectivity index (χ0) is 15.8. The van der Waals surface area contributed by atoms with E-state index in [0.717, 1.165) is 23.4 Å². The fourth-order valence-corrected chi connectivity index (χ4v) is 3.71. The third kappa shape index (κ3) is 2.66. The molecule has 4 rings (SSSR count). The first-order valence-electron chi connectivity index (χ1n) is 8.45. The average molecular weight is 306 g/mol. The molecule has 3 nitrogen and oxygen atoms in total. The lowest BCUT2D eigenvalue weighted by molar-refractivity contribution is 0.0996. The number of amides is 1. The SMILES string of the molecule is C[C@@H]1CCCN1Cc1ccc(N2Cc3ccccc3C2=O)cc1. The molecule has 1 atom stereocenters. The molecule has 0 radical (unpaired) electrons. The first-order chi connectivity index (χ1) is 11.2. The van der Waals surface area contributed by atoms with E-state index in [0.29, 0.717) is 12.6 Å². The topological polar surface area (TPSA) is 23.6 Å². The van der Waals surface area contributed by atoms with Crippen molar-refractivity contribution in [1.82, 2.24) is 4.90 Å². The molecule has 2 heterocycles. The normalized spacial score (nSPS) is 21.0. The Balaban J connectivity index is 1.50. The van der Waals surface area contributed by atoms with Gasteiger partial charge in [-0.2, -0.15) is 0 Å². The molecule has 2 aliphatic rings. The maximum Gasteiger partial charge on any atom is 0.258 e. The summed E-state index contributed by atoms with van der Waals surface area (Å²) in [5, 5.41) is 0. The van der Waals surface area contributed by atoms with Crippen LogP contribution in [0.2, 0.25) is 0 Å². The van der Waals surface area contributed by atoms with Crippen LogP contribution in [0.1, 0.15) is 41.3 Å². The molecular weight excluding hydrogens is 284 g/mol. The number of rotatable bonds is 3. The lowest BCUT2D eigenvalue weighted by atomic mass is 10.1. The summed E-state index contributed by atoms with van der Waals surface area (Å²) in [5.74, 6) is 0.113. The highest BCUT2D eigenvalue weighted by atomic mass is 16.2. The number of carbonyl (C=O) groups is 1. The van der Waals surface area contributed by atoms with Gasteiger partial charge in [0.15, 0.2) is 0 Å². The number of anilines is 1. The molecule has 0 unspecified atom stereocenters. The Morgan fingerprint density at radius 3 is 2.57 bits per heavy atom. The van der Waals surface area contributed by atoms with Gasteiger partial charge in [0.2, 0.25) is 0 Å². The third-order valence-electron chi connectivity index (χ3n) is 5.15. The number of benzene rings is 2. The van der Waals surface area contributed by atoms with Gasteiger partial charge in [-0.15, -0.1) is 0 Å². The van der Waals surface area contributed by atoms with Gasteiger partial charge in [-0.1, -0.05) is 30.3 Å². The second-order valence-corrected chi connectivity index (χ2v) is 6.68. The van der Waals surface area contributed by atoms with Gasteiger partial charge >= 0.3 is 0 Å². The quantitative estimate of drug-likeness (QED) is 0.860. The molecule has 0 aromatic heterocycles. The molecule has 0 saturated carbocycles. The predicted molar refractivity (Wildman–Crippen MR) is 92.5 cm³/mol. The largest absolute Gasteiger partial charge is 0.304 e. The molecule has 0 spiro atoms. The summed E-state index contributed by atoms with van der Waals surface area (Å²) >= 11 is 0. The molecule has 2 aliphatic heterocycles. The fraction of sp³-hybridized carbons (Fsp3) is 0.350. The van der Waals surface area contributed by atoms with Crippen LogP contribution < -0.4 is 4.90 Å². The van der Waals surface area contributed by atoms with E-state index in [4.69, 9.17) is 0 Å². The summed E-state index contributed by atoms with van der Waals surface area (Å²) in [7, 11) is 0. The first kappa shape index (κ1) is 14.5. The van der Waals surface area contributed by atoms with Crippen molar-refractivity contribution in [1.29, 1.82) is 0 Å². The highest BCUT2D eigenvalue weighted by Crippen LogP contribution is 2.28. The van der Waals surface area contributed by atoms with Gasteiger partial charge in [-0.3, -0.25) is 9.69 Å². The highest BCUT2D eigenvalue weighted by molar-refractivity contribution is 6.09. The van der Waals surface area contributed by atoms with Gasteiger partial charge in [0.1, 0.15) is 0 Å². The number of hydrogen-bond acceptors (Lipinski definition) is 2. The van der Waals surface area contributed by atoms with Crippen molar-refractivity contribution < 1.29 is 4.79 Å². The van der Waals surface area contributed by atoms with Crippen molar-refractivity contribution in [3.05, 3.63) is 65.2 Å². The molecular formula is C20H22N2O. The van der Waals surface area contributed by atoms with E-state index in [-0.39, 0.29) is 5.91 Å². The van der Waals surface area contributed by atoms with Crippen LogP contribution in [0.4, 0.5) is 5.69 Å². The Labute approximate surface area is 137 Å². The second kappa shape index (κ2) is 5.82. The van der Waals surface area contributed by atoms with Crippen LogP contribution in [-0.2, 0) is 13.1 Å².